The number of carbonyl (C=O) groups is 2. The molecule has 1 saturated carbocycles. The first-order valence-corrected chi connectivity index (χ1v) is 15.4. The first-order valence-electron chi connectivity index (χ1n) is 15.4. The van der Waals surface area contributed by atoms with Crippen LogP contribution in [0.25, 0.3) is 27.8 Å². The molecule has 2 saturated heterocycles. The second-order valence-electron chi connectivity index (χ2n) is 12.7. The lowest BCUT2D eigenvalue weighted by molar-refractivity contribution is -0.126. The normalized spacial score (nSPS) is 20.9. The fraction of sp³-hybridized carbons (Fsp3) is 0.485. The molecule has 2 aliphatic heterocycles. The molecule has 43 heavy (non-hydrogen) atoms. The maximum Gasteiger partial charge on any atom is 0.255 e. The standard InChI is InChI=1S/C33H40N6O4/c1-20-30(35-39-17-24(14-28(42-3)31(20)39)33(41)37-11-5-7-25(34)18-37)26-13-23-6-4-8-27(32(23)38(26)16-21-9-10-21)43-19-22-12-29(40)36(2)15-22/h4,6,8,13-14,17,21-22,25H,5,7,9-12,15-16,18-19,34H2,1-3H3. The molecule has 0 bridgehead atoms. The molecular formula is C33H40N6O4. The van der Waals surface area contributed by atoms with Crippen molar-refractivity contribution >= 4 is 28.2 Å². The van der Waals surface area contributed by atoms with Crippen LogP contribution in [0.5, 0.6) is 11.5 Å². The summed E-state index contributed by atoms with van der Waals surface area (Å²) in [6.07, 6.45) is 6.61. The number of carbonyl (C=O) groups excluding carboxylic acids is 2. The third-order valence-corrected chi connectivity index (χ3v) is 9.30. The number of nitrogens with zero attached hydrogens (tertiary/aromatic N) is 5. The van der Waals surface area contributed by atoms with E-state index in [4.69, 9.17) is 20.3 Å². The van der Waals surface area contributed by atoms with Gasteiger partial charge in [0.15, 0.2) is 0 Å². The highest BCUT2D eigenvalue weighted by molar-refractivity contribution is 5.96. The van der Waals surface area contributed by atoms with Crippen LogP contribution >= 0.6 is 0 Å². The van der Waals surface area contributed by atoms with Crippen LogP contribution in [-0.4, -0.2) is 82.2 Å². The molecular weight excluding hydrogens is 544 g/mol. The molecule has 10 nitrogen and oxygen atoms in total. The van der Waals surface area contributed by atoms with Gasteiger partial charge in [0.25, 0.3) is 5.91 Å². The first kappa shape index (κ1) is 27.8. The number of hydrogen-bond donors (Lipinski definition) is 1. The van der Waals surface area contributed by atoms with Crippen molar-refractivity contribution in [1.82, 2.24) is 24.0 Å². The average Bonchev–Trinajstić information content (AvgIpc) is 3.55. The second kappa shape index (κ2) is 10.9. The Bertz CT molecular complexity index is 1720. The smallest absolute Gasteiger partial charge is 0.255 e. The third-order valence-electron chi connectivity index (χ3n) is 9.30. The van der Waals surface area contributed by atoms with Crippen LogP contribution in [0.2, 0.25) is 0 Å². The molecule has 2 amide bonds. The highest BCUT2D eigenvalue weighted by Crippen LogP contribution is 2.41. The van der Waals surface area contributed by atoms with Gasteiger partial charge < -0.3 is 29.6 Å². The fourth-order valence-corrected chi connectivity index (χ4v) is 6.81. The van der Waals surface area contributed by atoms with Crippen LogP contribution in [0.1, 0.15) is 48.0 Å². The van der Waals surface area contributed by atoms with E-state index >= 15 is 0 Å². The molecule has 5 heterocycles. The van der Waals surface area contributed by atoms with Gasteiger partial charge in [0, 0.05) is 68.8 Å². The Morgan fingerprint density at radius 2 is 1.93 bits per heavy atom. The zero-order valence-corrected chi connectivity index (χ0v) is 25.2. The van der Waals surface area contributed by atoms with E-state index in [0.717, 1.165) is 65.1 Å². The van der Waals surface area contributed by atoms with Gasteiger partial charge in [-0.1, -0.05) is 12.1 Å². The van der Waals surface area contributed by atoms with Gasteiger partial charge in [0.1, 0.15) is 22.7 Å². The van der Waals surface area contributed by atoms with Crippen molar-refractivity contribution in [2.24, 2.45) is 17.6 Å². The minimum absolute atomic E-state index is 0.00567. The molecule has 10 heteroatoms. The lowest BCUT2D eigenvalue weighted by atomic mass is 10.1. The summed E-state index contributed by atoms with van der Waals surface area (Å²) in [6.45, 7) is 5.43. The number of ether oxygens (including phenoxy) is 2. The van der Waals surface area contributed by atoms with Gasteiger partial charge >= 0.3 is 0 Å². The van der Waals surface area contributed by atoms with Crippen molar-refractivity contribution in [2.75, 3.05) is 40.4 Å². The Kier molecular flexibility index (Phi) is 7.04. The van der Waals surface area contributed by atoms with Crippen LogP contribution in [0.3, 0.4) is 0 Å². The number of likely N-dealkylation sites (tertiary alicyclic amines) is 2. The van der Waals surface area contributed by atoms with E-state index in [2.05, 4.69) is 23.6 Å². The largest absolute Gasteiger partial charge is 0.494 e. The van der Waals surface area contributed by atoms with E-state index in [1.54, 1.807) is 16.5 Å². The van der Waals surface area contributed by atoms with Gasteiger partial charge in [0.2, 0.25) is 5.91 Å². The summed E-state index contributed by atoms with van der Waals surface area (Å²) in [6, 6.07) is 10.2. The predicted octanol–water partition coefficient (Wildman–Crippen LogP) is 4.10. The quantitative estimate of drug-likeness (QED) is 0.334. The Morgan fingerprint density at radius 1 is 1.09 bits per heavy atom. The molecule has 1 aromatic carbocycles. The number of aromatic nitrogens is 3. The molecule has 226 valence electrons. The van der Waals surface area contributed by atoms with E-state index in [1.807, 2.05) is 36.3 Å². The zero-order chi connectivity index (χ0) is 29.8. The number of nitrogens with two attached hydrogens (primary N) is 1. The molecule has 2 unspecified atom stereocenters. The fourth-order valence-electron chi connectivity index (χ4n) is 6.81. The number of para-hydroxylation sites is 1. The monoisotopic (exact) mass is 584 g/mol. The van der Waals surface area contributed by atoms with Crippen LogP contribution in [0.4, 0.5) is 0 Å². The van der Waals surface area contributed by atoms with Crippen molar-refractivity contribution in [2.45, 2.75) is 51.6 Å². The topological polar surface area (TPSA) is 107 Å². The molecule has 2 atom stereocenters. The minimum Gasteiger partial charge on any atom is -0.494 e. The molecule has 4 aromatic rings. The Hall–Kier alpha value is -4.05. The molecule has 7 rings (SSSR count). The number of pyridine rings is 1. The van der Waals surface area contributed by atoms with Crippen LogP contribution in [0, 0.1) is 18.8 Å². The zero-order valence-electron chi connectivity index (χ0n) is 25.2. The Labute approximate surface area is 251 Å². The maximum atomic E-state index is 13.5. The highest BCUT2D eigenvalue weighted by atomic mass is 16.5. The average molecular weight is 585 g/mol. The van der Waals surface area contributed by atoms with E-state index in [0.29, 0.717) is 43.3 Å². The van der Waals surface area contributed by atoms with Gasteiger partial charge in [-0.05, 0) is 56.7 Å². The lowest BCUT2D eigenvalue weighted by Gasteiger charge is -2.30. The number of fused-ring (bicyclic) bond motifs is 2. The first-order chi connectivity index (χ1) is 20.8. The van der Waals surface area contributed by atoms with E-state index in [1.165, 1.54) is 12.8 Å². The van der Waals surface area contributed by atoms with Crippen LogP contribution < -0.4 is 15.2 Å². The molecule has 0 spiro atoms. The SMILES string of the molecule is COc1cc(C(=O)N2CCCC(N)C2)cn2nc(-c3cc4cccc(OCC5CC(=O)N(C)C5)c4n3CC3CC3)c(C)c12. The molecule has 2 N–H and O–H groups in total. The van der Waals surface area contributed by atoms with Gasteiger partial charge in [-0.3, -0.25) is 9.59 Å². The minimum atomic E-state index is -0.0511. The highest BCUT2D eigenvalue weighted by Gasteiger charge is 2.30. The summed E-state index contributed by atoms with van der Waals surface area (Å²) in [5, 5.41) is 6.16. The number of amides is 2. The van der Waals surface area contributed by atoms with E-state index < -0.39 is 0 Å². The number of piperidine rings is 1. The van der Waals surface area contributed by atoms with Crippen molar-refractivity contribution in [3.63, 3.8) is 0 Å². The number of benzene rings is 1. The van der Waals surface area contributed by atoms with Crippen LogP contribution in [-0.2, 0) is 11.3 Å². The summed E-state index contributed by atoms with van der Waals surface area (Å²) < 4.78 is 16.4. The predicted molar refractivity (Wildman–Crippen MR) is 164 cm³/mol. The summed E-state index contributed by atoms with van der Waals surface area (Å²) in [7, 11) is 3.49. The number of aryl methyl sites for hydroxylation is 1. The molecule has 0 radical (unpaired) electrons. The molecule has 3 aliphatic rings. The molecule has 3 fully saturated rings. The van der Waals surface area contributed by atoms with Crippen LogP contribution in [0.15, 0.2) is 36.5 Å². The van der Waals surface area contributed by atoms with Gasteiger partial charge in [0.05, 0.1) is 30.5 Å². The van der Waals surface area contributed by atoms with Gasteiger partial charge in [-0.2, -0.15) is 5.10 Å². The van der Waals surface area contributed by atoms with E-state index in [-0.39, 0.29) is 23.8 Å². The summed E-state index contributed by atoms with van der Waals surface area (Å²) in [5.41, 5.74) is 11.5. The van der Waals surface area contributed by atoms with Crippen molar-refractivity contribution < 1.29 is 19.1 Å². The molecule has 3 aromatic heterocycles. The third kappa shape index (κ3) is 5.11. The summed E-state index contributed by atoms with van der Waals surface area (Å²) >= 11 is 0. The summed E-state index contributed by atoms with van der Waals surface area (Å²) in [4.78, 5) is 29.2. The van der Waals surface area contributed by atoms with E-state index in [9.17, 15) is 9.59 Å². The number of rotatable bonds is 8. The summed E-state index contributed by atoms with van der Waals surface area (Å²) in [5.74, 6) is 2.38. The number of hydrogen-bond acceptors (Lipinski definition) is 6. The molecule has 1 aliphatic carbocycles. The lowest BCUT2D eigenvalue weighted by Crippen LogP contribution is -2.45. The van der Waals surface area contributed by atoms with Crippen molar-refractivity contribution in [3.8, 4) is 22.9 Å². The van der Waals surface area contributed by atoms with Gasteiger partial charge in [-0.25, -0.2) is 4.52 Å². The van der Waals surface area contributed by atoms with Gasteiger partial charge in [-0.15, -0.1) is 0 Å². The number of methoxy groups -OCH3 is 1. The maximum absolute atomic E-state index is 13.5. The Balaban J connectivity index is 1.29. The second-order valence-corrected chi connectivity index (χ2v) is 12.7. The van der Waals surface area contributed by atoms with Crippen molar-refractivity contribution in [3.05, 3.63) is 47.7 Å². The van der Waals surface area contributed by atoms with Crippen molar-refractivity contribution in [1.29, 1.82) is 0 Å². The Morgan fingerprint density at radius 3 is 2.65 bits per heavy atom.